The molecule has 0 aromatic carbocycles. The zero-order valence-electron chi connectivity index (χ0n) is 9.67. The first-order chi connectivity index (χ1) is 7.47. The Morgan fingerprint density at radius 2 is 0.938 bits per heavy atom. The molecule has 0 spiro atoms. The van der Waals surface area contributed by atoms with Crippen LogP contribution >= 0.6 is 0 Å². The molecule has 0 fully saturated rings. The highest BCUT2D eigenvalue weighted by atomic mass is 16.4. The van der Waals surface area contributed by atoms with Crippen molar-refractivity contribution < 1.29 is 25.2 Å². The number of carboxylic acid groups (broad SMARTS) is 1. The second-order valence-corrected chi connectivity index (χ2v) is 2.06. The van der Waals surface area contributed by atoms with Crippen LogP contribution in [0, 0.1) is 0 Å². The van der Waals surface area contributed by atoms with Gasteiger partial charge in [0.1, 0.15) is 0 Å². The molecule has 8 heteroatoms. The minimum absolute atomic E-state index is 0.0972. The van der Waals surface area contributed by atoms with Crippen molar-refractivity contribution >= 4 is 5.97 Å². The molecule has 102 valence electrons. The first-order valence-electron chi connectivity index (χ1n) is 4.60. The van der Waals surface area contributed by atoms with E-state index in [2.05, 4.69) is 0 Å². The molecule has 10 N–H and O–H groups in total. The molecule has 0 rings (SSSR count). The van der Waals surface area contributed by atoms with Crippen molar-refractivity contribution in [2.75, 3.05) is 39.5 Å². The fraction of sp³-hybridized carbons (Fsp3) is 0.875. The summed E-state index contributed by atoms with van der Waals surface area (Å²) in [6.07, 6.45) is 0. The van der Waals surface area contributed by atoms with Crippen LogP contribution in [-0.4, -0.2) is 65.9 Å². The summed E-state index contributed by atoms with van der Waals surface area (Å²) in [4.78, 5) is 9.00. The normalized spacial score (nSPS) is 7.19. The Bertz CT molecular complexity index is 86.2. The monoisotopic (exact) mass is 243 g/mol. The van der Waals surface area contributed by atoms with E-state index in [1.54, 1.807) is 0 Å². The van der Waals surface area contributed by atoms with Crippen LogP contribution in [0.15, 0.2) is 0 Å². The van der Waals surface area contributed by atoms with Crippen LogP contribution < -0.4 is 17.2 Å². The lowest BCUT2D eigenvalue weighted by Gasteiger charge is -1.71. The first kappa shape index (κ1) is 24.5. The van der Waals surface area contributed by atoms with Gasteiger partial charge >= 0.3 is 0 Å². The first-order valence-corrected chi connectivity index (χ1v) is 4.60. The lowest BCUT2D eigenvalue weighted by molar-refractivity contribution is -0.134. The van der Waals surface area contributed by atoms with Gasteiger partial charge in [0.05, 0.1) is 19.8 Å². The molecular formula is C8H25N3O5. The molecule has 0 unspecified atom stereocenters. The summed E-state index contributed by atoms with van der Waals surface area (Å²) in [5, 5.41) is 30.7. The maximum Gasteiger partial charge on any atom is 0.300 e. The van der Waals surface area contributed by atoms with Gasteiger partial charge in [-0.2, -0.15) is 0 Å². The number of aliphatic hydroxyl groups excluding tert-OH is 3. The molecule has 0 amide bonds. The van der Waals surface area contributed by atoms with E-state index in [0.717, 1.165) is 6.92 Å². The Hall–Kier alpha value is -0.770. The summed E-state index contributed by atoms with van der Waals surface area (Å²) in [6.45, 7) is 2.50. The van der Waals surface area contributed by atoms with Gasteiger partial charge < -0.3 is 37.6 Å². The van der Waals surface area contributed by atoms with Gasteiger partial charge in [-0.1, -0.05) is 0 Å². The largest absolute Gasteiger partial charge is 0.481 e. The third kappa shape index (κ3) is 398. The molecule has 0 saturated carbocycles. The van der Waals surface area contributed by atoms with E-state index < -0.39 is 5.97 Å². The van der Waals surface area contributed by atoms with Crippen molar-refractivity contribution in [3.8, 4) is 0 Å². The highest BCUT2D eigenvalue weighted by Crippen LogP contribution is 1.42. The van der Waals surface area contributed by atoms with Crippen LogP contribution in [0.25, 0.3) is 0 Å². The predicted octanol–water partition coefficient (Wildman–Crippen LogP) is -3.10. The molecule has 0 aromatic heterocycles. The molecule has 0 heterocycles. The average molecular weight is 243 g/mol. The molecule has 8 nitrogen and oxygen atoms in total. The number of hydrogen-bond acceptors (Lipinski definition) is 7. The average Bonchev–Trinajstić information content (AvgIpc) is 2.28. The van der Waals surface area contributed by atoms with Gasteiger partial charge in [0.2, 0.25) is 0 Å². The molecule has 0 aliphatic rings. The summed E-state index contributed by atoms with van der Waals surface area (Å²) in [6, 6.07) is 0. The van der Waals surface area contributed by atoms with E-state index in [4.69, 9.17) is 42.4 Å². The Morgan fingerprint density at radius 1 is 0.875 bits per heavy atom. The molecule has 0 aliphatic heterocycles. The fourth-order valence-corrected chi connectivity index (χ4v) is 0. The van der Waals surface area contributed by atoms with Crippen molar-refractivity contribution in [2.24, 2.45) is 17.2 Å². The van der Waals surface area contributed by atoms with E-state index in [9.17, 15) is 0 Å². The van der Waals surface area contributed by atoms with E-state index in [1.165, 1.54) is 0 Å². The number of hydrogen-bond donors (Lipinski definition) is 7. The zero-order chi connectivity index (χ0) is 13.8. The SMILES string of the molecule is CC(=O)O.NCCO.NCCO.NCCO. The number of aliphatic hydroxyl groups is 3. The lowest BCUT2D eigenvalue weighted by Crippen LogP contribution is -2.02. The van der Waals surface area contributed by atoms with E-state index in [0.29, 0.717) is 19.6 Å². The zero-order valence-corrected chi connectivity index (χ0v) is 9.67. The fourth-order valence-electron chi connectivity index (χ4n) is 0. The standard InChI is InChI=1S/3C2H7NO.C2H4O2/c3*3-1-2-4;1-2(3)4/h3*4H,1-3H2;1H3,(H,3,4). The van der Waals surface area contributed by atoms with Gasteiger partial charge in [-0.3, -0.25) is 4.79 Å². The molecule has 0 bridgehead atoms. The quantitative estimate of drug-likeness (QED) is 0.272. The third-order valence-corrected chi connectivity index (χ3v) is 0.387. The summed E-state index contributed by atoms with van der Waals surface area (Å²) in [7, 11) is 0. The van der Waals surface area contributed by atoms with Crippen LogP contribution in [0.1, 0.15) is 6.92 Å². The summed E-state index contributed by atoms with van der Waals surface area (Å²) in [5.41, 5.74) is 14.3. The Balaban J connectivity index is -0.0000000600. The third-order valence-electron chi connectivity index (χ3n) is 0.387. The molecule has 0 atom stereocenters. The van der Waals surface area contributed by atoms with Crippen molar-refractivity contribution in [3.63, 3.8) is 0 Å². The topological polar surface area (TPSA) is 176 Å². The lowest BCUT2D eigenvalue weighted by atomic mass is 10.8. The van der Waals surface area contributed by atoms with E-state index in [1.807, 2.05) is 0 Å². The number of aliphatic carboxylic acids is 1. The molecular weight excluding hydrogens is 218 g/mol. The van der Waals surface area contributed by atoms with Gasteiger partial charge in [-0.05, 0) is 0 Å². The van der Waals surface area contributed by atoms with Crippen molar-refractivity contribution in [1.29, 1.82) is 0 Å². The highest BCUT2D eigenvalue weighted by Gasteiger charge is 1.65. The smallest absolute Gasteiger partial charge is 0.300 e. The number of rotatable bonds is 3. The summed E-state index contributed by atoms with van der Waals surface area (Å²) < 4.78 is 0. The van der Waals surface area contributed by atoms with E-state index in [-0.39, 0.29) is 19.8 Å². The number of carbonyl (C=O) groups is 1. The van der Waals surface area contributed by atoms with Crippen molar-refractivity contribution in [2.45, 2.75) is 6.92 Å². The Morgan fingerprint density at radius 3 is 0.938 bits per heavy atom. The highest BCUT2D eigenvalue weighted by molar-refractivity contribution is 5.62. The van der Waals surface area contributed by atoms with Crippen molar-refractivity contribution in [3.05, 3.63) is 0 Å². The van der Waals surface area contributed by atoms with Crippen LogP contribution in [-0.2, 0) is 4.79 Å². The second-order valence-electron chi connectivity index (χ2n) is 2.06. The maximum atomic E-state index is 9.00. The molecule has 0 aromatic rings. The Labute approximate surface area is 95.7 Å². The van der Waals surface area contributed by atoms with Crippen LogP contribution in [0.5, 0.6) is 0 Å². The summed E-state index contributed by atoms with van der Waals surface area (Å²) >= 11 is 0. The van der Waals surface area contributed by atoms with Gasteiger partial charge in [0.15, 0.2) is 0 Å². The summed E-state index contributed by atoms with van der Waals surface area (Å²) in [5.74, 6) is -0.833. The van der Waals surface area contributed by atoms with Crippen molar-refractivity contribution in [1.82, 2.24) is 0 Å². The van der Waals surface area contributed by atoms with Gasteiger partial charge in [-0.25, -0.2) is 0 Å². The number of carboxylic acids is 1. The molecule has 16 heavy (non-hydrogen) atoms. The molecule has 0 aliphatic carbocycles. The number of nitrogens with two attached hydrogens (primary N) is 3. The van der Waals surface area contributed by atoms with Gasteiger partial charge in [0.25, 0.3) is 5.97 Å². The minimum atomic E-state index is -0.833. The van der Waals surface area contributed by atoms with Gasteiger partial charge in [0, 0.05) is 26.6 Å². The van der Waals surface area contributed by atoms with Crippen LogP contribution in [0.4, 0.5) is 0 Å². The molecule has 0 radical (unpaired) electrons. The second kappa shape index (κ2) is 36.8. The minimum Gasteiger partial charge on any atom is -0.481 e. The Kier molecular flexibility index (Phi) is 56.2. The molecule has 0 saturated heterocycles. The van der Waals surface area contributed by atoms with Crippen LogP contribution in [0.3, 0.4) is 0 Å². The van der Waals surface area contributed by atoms with Gasteiger partial charge in [-0.15, -0.1) is 0 Å². The maximum absolute atomic E-state index is 9.00. The predicted molar refractivity (Wildman–Crippen MR) is 61.7 cm³/mol. The van der Waals surface area contributed by atoms with Crippen LogP contribution in [0.2, 0.25) is 0 Å². The van der Waals surface area contributed by atoms with E-state index >= 15 is 0 Å².